The zero-order valence-electron chi connectivity index (χ0n) is 15.7. The molecule has 142 valence electrons. The second-order valence-electron chi connectivity index (χ2n) is 6.84. The van der Waals surface area contributed by atoms with Crippen molar-refractivity contribution in [2.75, 3.05) is 10.6 Å². The smallest absolute Gasteiger partial charge is 0.255 e. The molecule has 1 aliphatic heterocycles. The molecular weight excluding hydrogens is 359 g/mol. The van der Waals surface area contributed by atoms with E-state index in [0.717, 1.165) is 16.8 Å². The molecule has 0 fully saturated rings. The van der Waals surface area contributed by atoms with E-state index in [1.54, 1.807) is 19.1 Å². The molecule has 1 aliphatic rings. The van der Waals surface area contributed by atoms with Gasteiger partial charge in [0.15, 0.2) is 0 Å². The van der Waals surface area contributed by atoms with Crippen LogP contribution in [0.2, 0.25) is 0 Å². The Bertz CT molecular complexity index is 1090. The van der Waals surface area contributed by atoms with Crippen LogP contribution in [-0.2, 0) is 4.79 Å². The molecule has 0 spiro atoms. The van der Waals surface area contributed by atoms with E-state index in [1.165, 1.54) is 16.8 Å². The van der Waals surface area contributed by atoms with Gasteiger partial charge in [-0.25, -0.2) is 4.39 Å². The summed E-state index contributed by atoms with van der Waals surface area (Å²) in [5.74, 6) is -0.195. The highest BCUT2D eigenvalue weighted by Gasteiger charge is 2.34. The standard InChI is InChI=1S/C20H19FN6O/c1-11-4-9-16(12(2)10-11)23-19(28)17-13(3)22-20-24-25-26-27(20)18(17)14-5-7-15(21)8-6-14/h4-10,18H,1-3H3,(H,23,28)(H,22,24,26). The summed E-state index contributed by atoms with van der Waals surface area (Å²) < 4.78 is 15.0. The lowest BCUT2D eigenvalue weighted by molar-refractivity contribution is -0.113. The molecule has 28 heavy (non-hydrogen) atoms. The predicted octanol–water partition coefficient (Wildman–Crippen LogP) is 3.36. The number of nitrogens with zero attached hydrogens (tertiary/aromatic N) is 4. The molecule has 0 saturated carbocycles. The van der Waals surface area contributed by atoms with Crippen LogP contribution in [0.15, 0.2) is 53.7 Å². The number of rotatable bonds is 3. The van der Waals surface area contributed by atoms with E-state index in [0.29, 0.717) is 22.8 Å². The molecule has 4 rings (SSSR count). The highest BCUT2D eigenvalue weighted by molar-refractivity contribution is 6.06. The number of aromatic nitrogens is 4. The fourth-order valence-corrected chi connectivity index (χ4v) is 3.40. The van der Waals surface area contributed by atoms with Gasteiger partial charge in [0.05, 0.1) is 5.57 Å². The second-order valence-corrected chi connectivity index (χ2v) is 6.84. The SMILES string of the molecule is CC1=C(C(=O)Nc2ccc(C)cc2C)C(c2ccc(F)cc2)n2nnnc2N1. The normalized spacial score (nSPS) is 15.8. The van der Waals surface area contributed by atoms with Crippen LogP contribution in [0, 0.1) is 19.7 Å². The highest BCUT2D eigenvalue weighted by Crippen LogP contribution is 2.35. The molecule has 0 radical (unpaired) electrons. The zero-order valence-corrected chi connectivity index (χ0v) is 15.7. The molecule has 7 nitrogen and oxygen atoms in total. The third-order valence-corrected chi connectivity index (χ3v) is 4.77. The largest absolute Gasteiger partial charge is 0.326 e. The first-order valence-electron chi connectivity index (χ1n) is 8.84. The third kappa shape index (κ3) is 3.13. The number of tetrazole rings is 1. The lowest BCUT2D eigenvalue weighted by atomic mass is 9.95. The van der Waals surface area contributed by atoms with Crippen molar-refractivity contribution in [2.45, 2.75) is 26.8 Å². The molecule has 2 aromatic carbocycles. The van der Waals surface area contributed by atoms with Gasteiger partial charge >= 0.3 is 0 Å². The summed E-state index contributed by atoms with van der Waals surface area (Å²) in [5, 5.41) is 17.7. The average Bonchev–Trinajstić information content (AvgIpc) is 3.11. The number of amides is 1. The number of nitrogens with one attached hydrogen (secondary N) is 2. The summed E-state index contributed by atoms with van der Waals surface area (Å²) in [6, 6.07) is 11.2. The minimum absolute atomic E-state index is 0.271. The Labute approximate surface area is 161 Å². The van der Waals surface area contributed by atoms with Gasteiger partial charge in [-0.1, -0.05) is 34.9 Å². The Kier molecular flexibility index (Phi) is 4.38. The van der Waals surface area contributed by atoms with Gasteiger partial charge in [0, 0.05) is 11.4 Å². The predicted molar refractivity (Wildman–Crippen MR) is 103 cm³/mol. The fraction of sp³-hybridized carbons (Fsp3) is 0.200. The number of anilines is 2. The van der Waals surface area contributed by atoms with Crippen molar-refractivity contribution in [3.63, 3.8) is 0 Å². The van der Waals surface area contributed by atoms with E-state index in [1.807, 2.05) is 32.0 Å². The maximum Gasteiger partial charge on any atom is 0.255 e. The van der Waals surface area contributed by atoms with E-state index < -0.39 is 6.04 Å². The minimum Gasteiger partial charge on any atom is -0.326 e. The molecular formula is C20H19FN6O. The van der Waals surface area contributed by atoms with Crippen molar-refractivity contribution >= 4 is 17.5 Å². The van der Waals surface area contributed by atoms with Crippen LogP contribution >= 0.6 is 0 Å². The number of benzene rings is 2. The second kappa shape index (κ2) is 6.88. The van der Waals surface area contributed by atoms with Gasteiger partial charge in [-0.3, -0.25) is 4.79 Å². The van der Waals surface area contributed by atoms with Crippen LogP contribution in [-0.4, -0.2) is 26.1 Å². The number of halogens is 1. The first kappa shape index (κ1) is 17.8. The number of hydrogen-bond acceptors (Lipinski definition) is 5. The monoisotopic (exact) mass is 378 g/mol. The zero-order chi connectivity index (χ0) is 19.8. The van der Waals surface area contributed by atoms with Crippen molar-refractivity contribution in [1.29, 1.82) is 0 Å². The fourth-order valence-electron chi connectivity index (χ4n) is 3.40. The first-order valence-corrected chi connectivity index (χ1v) is 8.84. The van der Waals surface area contributed by atoms with E-state index >= 15 is 0 Å². The maximum atomic E-state index is 13.4. The molecule has 2 N–H and O–H groups in total. The van der Waals surface area contributed by atoms with Crippen molar-refractivity contribution in [2.24, 2.45) is 0 Å². The maximum absolute atomic E-state index is 13.4. The van der Waals surface area contributed by atoms with Gasteiger partial charge in [0.1, 0.15) is 11.9 Å². The van der Waals surface area contributed by atoms with Crippen LogP contribution in [0.1, 0.15) is 29.7 Å². The van der Waals surface area contributed by atoms with E-state index in [2.05, 4.69) is 26.2 Å². The Morgan fingerprint density at radius 1 is 1.14 bits per heavy atom. The molecule has 0 aliphatic carbocycles. The number of fused-ring (bicyclic) bond motifs is 1. The van der Waals surface area contributed by atoms with Gasteiger partial charge in [-0.2, -0.15) is 4.68 Å². The first-order chi connectivity index (χ1) is 13.4. The van der Waals surface area contributed by atoms with Crippen LogP contribution in [0.4, 0.5) is 16.0 Å². The summed E-state index contributed by atoms with van der Waals surface area (Å²) in [6.07, 6.45) is 0. The van der Waals surface area contributed by atoms with Crippen molar-refractivity contribution in [3.05, 3.63) is 76.2 Å². The Hall–Kier alpha value is -3.55. The summed E-state index contributed by atoms with van der Waals surface area (Å²) in [7, 11) is 0. The molecule has 2 heterocycles. The molecule has 1 unspecified atom stereocenters. The van der Waals surface area contributed by atoms with Crippen LogP contribution < -0.4 is 10.6 Å². The number of carbonyl (C=O) groups excluding carboxylic acids is 1. The van der Waals surface area contributed by atoms with E-state index in [9.17, 15) is 9.18 Å². The van der Waals surface area contributed by atoms with Crippen LogP contribution in [0.5, 0.6) is 0 Å². The summed E-state index contributed by atoms with van der Waals surface area (Å²) >= 11 is 0. The number of carbonyl (C=O) groups is 1. The number of hydrogen-bond donors (Lipinski definition) is 2. The molecule has 0 saturated heterocycles. The quantitative estimate of drug-likeness (QED) is 0.730. The molecule has 3 aromatic rings. The topological polar surface area (TPSA) is 84.7 Å². The summed E-state index contributed by atoms with van der Waals surface area (Å²) in [5.41, 5.74) is 4.63. The van der Waals surface area contributed by atoms with Gasteiger partial charge in [0.2, 0.25) is 5.95 Å². The number of aryl methyl sites for hydroxylation is 2. The highest BCUT2D eigenvalue weighted by atomic mass is 19.1. The Morgan fingerprint density at radius 3 is 2.61 bits per heavy atom. The van der Waals surface area contributed by atoms with E-state index in [-0.39, 0.29) is 11.7 Å². The molecule has 0 bridgehead atoms. The average molecular weight is 378 g/mol. The van der Waals surface area contributed by atoms with Gasteiger partial charge in [-0.15, -0.1) is 0 Å². The molecule has 1 aromatic heterocycles. The van der Waals surface area contributed by atoms with Gasteiger partial charge in [0.25, 0.3) is 5.91 Å². The molecule has 8 heteroatoms. The number of allylic oxidation sites excluding steroid dienone is 1. The Balaban J connectivity index is 1.76. The minimum atomic E-state index is -0.572. The van der Waals surface area contributed by atoms with Crippen molar-refractivity contribution in [1.82, 2.24) is 20.2 Å². The lowest BCUT2D eigenvalue weighted by Crippen LogP contribution is -2.31. The summed E-state index contributed by atoms with van der Waals surface area (Å²) in [6.45, 7) is 5.74. The lowest BCUT2D eigenvalue weighted by Gasteiger charge is -2.28. The van der Waals surface area contributed by atoms with Gasteiger partial charge < -0.3 is 10.6 Å². The van der Waals surface area contributed by atoms with Crippen LogP contribution in [0.25, 0.3) is 0 Å². The molecule has 1 amide bonds. The van der Waals surface area contributed by atoms with E-state index in [4.69, 9.17) is 0 Å². The molecule has 1 atom stereocenters. The van der Waals surface area contributed by atoms with Gasteiger partial charge in [-0.05, 0) is 60.5 Å². The van der Waals surface area contributed by atoms with Crippen molar-refractivity contribution in [3.8, 4) is 0 Å². The third-order valence-electron chi connectivity index (χ3n) is 4.77. The summed E-state index contributed by atoms with van der Waals surface area (Å²) in [4.78, 5) is 13.2. The van der Waals surface area contributed by atoms with Crippen molar-refractivity contribution < 1.29 is 9.18 Å². The van der Waals surface area contributed by atoms with Crippen LogP contribution in [0.3, 0.4) is 0 Å². The Morgan fingerprint density at radius 2 is 1.89 bits per heavy atom.